The molecular weight excluding hydrogens is 328 g/mol. The Hall–Kier alpha value is -1.84. The summed E-state index contributed by atoms with van der Waals surface area (Å²) in [5.74, 6) is 0.140. The first-order chi connectivity index (χ1) is 11.9. The number of halogens is 4. The van der Waals surface area contributed by atoms with Crippen LogP contribution in [0, 0.1) is 11.7 Å². The molecule has 0 nitrogen and oxygen atoms in total. The van der Waals surface area contributed by atoms with Gasteiger partial charge in [0.05, 0.1) is 5.56 Å². The van der Waals surface area contributed by atoms with Gasteiger partial charge in [0.25, 0.3) is 0 Å². The van der Waals surface area contributed by atoms with Crippen molar-refractivity contribution in [2.45, 2.75) is 51.1 Å². The molecule has 2 unspecified atom stereocenters. The zero-order valence-corrected chi connectivity index (χ0v) is 14.2. The Labute approximate surface area is 145 Å². The fourth-order valence-corrected chi connectivity index (χ4v) is 3.92. The highest BCUT2D eigenvalue weighted by molar-refractivity contribution is 5.64. The molecule has 1 fully saturated rings. The van der Waals surface area contributed by atoms with Gasteiger partial charge >= 0.3 is 6.18 Å². The number of hydrogen-bond acceptors (Lipinski definition) is 0. The zero-order chi connectivity index (χ0) is 18.0. The van der Waals surface area contributed by atoms with E-state index in [2.05, 4.69) is 6.92 Å². The molecule has 1 saturated carbocycles. The van der Waals surface area contributed by atoms with E-state index < -0.39 is 17.6 Å². The average Bonchev–Trinajstić information content (AvgIpc) is 3.03. The van der Waals surface area contributed by atoms with Gasteiger partial charge in [-0.05, 0) is 59.9 Å². The molecule has 0 saturated heterocycles. The molecule has 25 heavy (non-hydrogen) atoms. The van der Waals surface area contributed by atoms with E-state index in [9.17, 15) is 17.6 Å². The van der Waals surface area contributed by atoms with Crippen LogP contribution in [0.5, 0.6) is 0 Å². The van der Waals surface area contributed by atoms with Crippen LogP contribution in [0.3, 0.4) is 0 Å². The first kappa shape index (κ1) is 18.0. The molecule has 0 amide bonds. The molecule has 0 aliphatic heterocycles. The van der Waals surface area contributed by atoms with Gasteiger partial charge in [-0.3, -0.25) is 0 Å². The summed E-state index contributed by atoms with van der Waals surface area (Å²) in [7, 11) is 0. The molecule has 2 aromatic rings. The standard InChI is InChI=1S/C21H22F4/c1-2-3-14-4-5-17(12-14)15-6-8-16(9-7-15)18-10-11-19(20(22)13-18)21(23,24)25/h6-11,13-14,17H,2-5,12H2,1H3. The minimum Gasteiger partial charge on any atom is -0.206 e. The fraction of sp³-hybridized carbons (Fsp3) is 0.429. The average molecular weight is 350 g/mol. The van der Waals surface area contributed by atoms with Crippen molar-refractivity contribution in [3.05, 3.63) is 59.4 Å². The SMILES string of the molecule is CCCC1CCC(c2ccc(-c3ccc(C(F)(F)F)c(F)c3)cc2)C1. The number of hydrogen-bond donors (Lipinski definition) is 0. The van der Waals surface area contributed by atoms with E-state index in [0.29, 0.717) is 11.5 Å². The first-order valence-electron chi connectivity index (χ1n) is 8.85. The van der Waals surface area contributed by atoms with Gasteiger partial charge in [0.15, 0.2) is 0 Å². The van der Waals surface area contributed by atoms with Crippen LogP contribution >= 0.6 is 0 Å². The van der Waals surface area contributed by atoms with E-state index in [1.54, 1.807) is 0 Å². The second-order valence-electron chi connectivity index (χ2n) is 6.98. The second-order valence-corrected chi connectivity index (χ2v) is 6.98. The lowest BCUT2D eigenvalue weighted by molar-refractivity contribution is -0.139. The Morgan fingerprint density at radius 1 is 0.960 bits per heavy atom. The van der Waals surface area contributed by atoms with Crippen molar-refractivity contribution >= 4 is 0 Å². The Kier molecular flexibility index (Phi) is 5.16. The molecule has 3 rings (SSSR count). The highest BCUT2D eigenvalue weighted by Gasteiger charge is 2.34. The minimum absolute atomic E-state index is 0.465. The van der Waals surface area contributed by atoms with E-state index in [0.717, 1.165) is 23.6 Å². The molecular formula is C21H22F4. The van der Waals surface area contributed by atoms with Crippen molar-refractivity contribution in [2.24, 2.45) is 5.92 Å². The van der Waals surface area contributed by atoms with Crippen LogP contribution in [-0.2, 0) is 6.18 Å². The smallest absolute Gasteiger partial charge is 0.206 e. The zero-order valence-electron chi connectivity index (χ0n) is 14.2. The predicted molar refractivity (Wildman–Crippen MR) is 91.8 cm³/mol. The van der Waals surface area contributed by atoms with Crippen LogP contribution in [0.25, 0.3) is 11.1 Å². The van der Waals surface area contributed by atoms with Crippen LogP contribution < -0.4 is 0 Å². The van der Waals surface area contributed by atoms with Crippen LogP contribution in [-0.4, -0.2) is 0 Å². The summed E-state index contributed by atoms with van der Waals surface area (Å²) < 4.78 is 51.7. The summed E-state index contributed by atoms with van der Waals surface area (Å²) in [6.07, 6.45) is 1.50. The van der Waals surface area contributed by atoms with E-state index in [4.69, 9.17) is 0 Å². The first-order valence-corrected chi connectivity index (χ1v) is 8.85. The van der Waals surface area contributed by atoms with Gasteiger partial charge in [-0.1, -0.05) is 50.1 Å². The third kappa shape index (κ3) is 4.05. The monoisotopic (exact) mass is 350 g/mol. The molecule has 2 atom stereocenters. The maximum atomic E-state index is 13.8. The molecule has 1 aliphatic carbocycles. The number of rotatable bonds is 4. The number of alkyl halides is 3. The topological polar surface area (TPSA) is 0 Å². The fourth-order valence-electron chi connectivity index (χ4n) is 3.92. The largest absolute Gasteiger partial charge is 0.419 e. The quantitative estimate of drug-likeness (QED) is 0.512. The summed E-state index contributed by atoms with van der Waals surface area (Å²) in [6, 6.07) is 10.9. The van der Waals surface area contributed by atoms with Crippen LogP contribution in [0.15, 0.2) is 42.5 Å². The van der Waals surface area contributed by atoms with Gasteiger partial charge in [0.1, 0.15) is 5.82 Å². The minimum atomic E-state index is -4.66. The Morgan fingerprint density at radius 2 is 1.64 bits per heavy atom. The highest BCUT2D eigenvalue weighted by Crippen LogP contribution is 2.41. The summed E-state index contributed by atoms with van der Waals surface area (Å²) in [6.45, 7) is 2.21. The maximum Gasteiger partial charge on any atom is 0.419 e. The summed E-state index contributed by atoms with van der Waals surface area (Å²) in [5, 5.41) is 0. The molecule has 0 bridgehead atoms. The van der Waals surface area contributed by atoms with E-state index >= 15 is 0 Å². The maximum absolute atomic E-state index is 13.8. The second kappa shape index (κ2) is 7.19. The summed E-state index contributed by atoms with van der Waals surface area (Å²) >= 11 is 0. The van der Waals surface area contributed by atoms with Gasteiger partial charge in [-0.2, -0.15) is 13.2 Å². The van der Waals surface area contributed by atoms with Crippen molar-refractivity contribution in [1.82, 2.24) is 0 Å². The van der Waals surface area contributed by atoms with E-state index in [1.165, 1.54) is 43.7 Å². The third-order valence-corrected chi connectivity index (χ3v) is 5.23. The van der Waals surface area contributed by atoms with E-state index in [-0.39, 0.29) is 0 Å². The van der Waals surface area contributed by atoms with Crippen LogP contribution in [0.1, 0.15) is 56.1 Å². The normalized spacial score (nSPS) is 20.8. The van der Waals surface area contributed by atoms with Crippen molar-refractivity contribution in [3.8, 4) is 11.1 Å². The lowest BCUT2D eigenvalue weighted by atomic mass is 9.93. The molecule has 0 radical (unpaired) electrons. The Balaban J connectivity index is 1.76. The van der Waals surface area contributed by atoms with Crippen molar-refractivity contribution in [2.75, 3.05) is 0 Å². The lowest BCUT2D eigenvalue weighted by Gasteiger charge is -2.13. The predicted octanol–water partition coefficient (Wildman–Crippen LogP) is 7.20. The van der Waals surface area contributed by atoms with Crippen molar-refractivity contribution in [1.29, 1.82) is 0 Å². The van der Waals surface area contributed by atoms with Crippen molar-refractivity contribution in [3.63, 3.8) is 0 Å². The van der Waals surface area contributed by atoms with Gasteiger partial charge in [-0.15, -0.1) is 0 Å². The lowest BCUT2D eigenvalue weighted by Crippen LogP contribution is -2.07. The van der Waals surface area contributed by atoms with Gasteiger partial charge in [0.2, 0.25) is 0 Å². The van der Waals surface area contributed by atoms with Gasteiger partial charge < -0.3 is 0 Å². The molecule has 0 spiro atoms. The molecule has 0 heterocycles. The van der Waals surface area contributed by atoms with Gasteiger partial charge in [0, 0.05) is 0 Å². The van der Waals surface area contributed by atoms with Gasteiger partial charge in [-0.25, -0.2) is 4.39 Å². The van der Waals surface area contributed by atoms with Crippen LogP contribution in [0.4, 0.5) is 17.6 Å². The molecule has 0 aromatic heterocycles. The Morgan fingerprint density at radius 3 is 2.24 bits per heavy atom. The molecule has 1 aliphatic rings. The summed E-state index contributed by atoms with van der Waals surface area (Å²) in [5.41, 5.74) is 1.25. The van der Waals surface area contributed by atoms with Crippen LogP contribution in [0.2, 0.25) is 0 Å². The summed E-state index contributed by atoms with van der Waals surface area (Å²) in [4.78, 5) is 0. The van der Waals surface area contributed by atoms with E-state index in [1.807, 2.05) is 24.3 Å². The molecule has 4 heteroatoms. The molecule has 134 valence electrons. The number of benzene rings is 2. The third-order valence-electron chi connectivity index (χ3n) is 5.23. The molecule has 0 N–H and O–H groups in total. The molecule has 2 aromatic carbocycles. The highest BCUT2D eigenvalue weighted by atomic mass is 19.4. The Bertz CT molecular complexity index is 716. The van der Waals surface area contributed by atoms with Crippen molar-refractivity contribution < 1.29 is 17.6 Å².